The van der Waals surface area contributed by atoms with E-state index in [1.54, 1.807) is 19.1 Å². The molecule has 19 heavy (non-hydrogen) atoms. The Bertz CT molecular complexity index is 660. The standard InChI is InChI=1S/C16H14F2O/c1-9-4-5-10(2)12(6-9)16(19)13-8-14(17)11(3)7-15(13)18/h4-8H,1-3H3. The Morgan fingerprint density at radius 2 is 1.53 bits per heavy atom. The highest BCUT2D eigenvalue weighted by molar-refractivity contribution is 6.10. The van der Waals surface area contributed by atoms with Gasteiger partial charge < -0.3 is 0 Å². The molecule has 3 heteroatoms. The quantitative estimate of drug-likeness (QED) is 0.742. The van der Waals surface area contributed by atoms with Crippen LogP contribution in [-0.2, 0) is 0 Å². The van der Waals surface area contributed by atoms with Crippen LogP contribution in [0, 0.1) is 32.4 Å². The van der Waals surface area contributed by atoms with E-state index >= 15 is 0 Å². The molecular formula is C16H14F2O. The molecular weight excluding hydrogens is 246 g/mol. The maximum absolute atomic E-state index is 13.8. The van der Waals surface area contributed by atoms with Crippen molar-refractivity contribution in [2.45, 2.75) is 20.8 Å². The molecule has 0 fully saturated rings. The van der Waals surface area contributed by atoms with Crippen LogP contribution in [0.3, 0.4) is 0 Å². The van der Waals surface area contributed by atoms with Gasteiger partial charge in [-0.25, -0.2) is 8.78 Å². The van der Waals surface area contributed by atoms with Crippen LogP contribution in [0.15, 0.2) is 30.3 Å². The summed E-state index contributed by atoms with van der Waals surface area (Å²) in [6.45, 7) is 5.09. The first-order chi connectivity index (χ1) is 8.90. The van der Waals surface area contributed by atoms with E-state index in [2.05, 4.69) is 0 Å². The number of carbonyl (C=O) groups excluding carboxylic acids is 1. The van der Waals surface area contributed by atoms with Crippen molar-refractivity contribution in [1.29, 1.82) is 0 Å². The number of rotatable bonds is 2. The maximum Gasteiger partial charge on any atom is 0.196 e. The number of aryl methyl sites for hydroxylation is 3. The second kappa shape index (κ2) is 4.92. The first kappa shape index (κ1) is 13.4. The van der Waals surface area contributed by atoms with Crippen molar-refractivity contribution in [3.8, 4) is 0 Å². The molecule has 0 atom stereocenters. The number of hydrogen-bond donors (Lipinski definition) is 0. The molecule has 0 amide bonds. The molecule has 0 saturated carbocycles. The Balaban J connectivity index is 2.56. The summed E-state index contributed by atoms with van der Waals surface area (Å²) in [7, 11) is 0. The monoisotopic (exact) mass is 260 g/mol. The molecule has 0 heterocycles. The summed E-state index contributed by atoms with van der Waals surface area (Å²) in [4.78, 5) is 12.3. The lowest BCUT2D eigenvalue weighted by Crippen LogP contribution is -2.08. The topological polar surface area (TPSA) is 17.1 Å². The third-order valence-corrected chi connectivity index (χ3v) is 3.13. The van der Waals surface area contributed by atoms with Crippen molar-refractivity contribution in [2.24, 2.45) is 0 Å². The van der Waals surface area contributed by atoms with Gasteiger partial charge in [-0.3, -0.25) is 4.79 Å². The molecule has 0 bridgehead atoms. The van der Waals surface area contributed by atoms with E-state index in [9.17, 15) is 13.6 Å². The van der Waals surface area contributed by atoms with Crippen molar-refractivity contribution < 1.29 is 13.6 Å². The molecule has 1 nitrogen and oxygen atoms in total. The van der Waals surface area contributed by atoms with Crippen LogP contribution in [0.1, 0.15) is 32.6 Å². The van der Waals surface area contributed by atoms with Gasteiger partial charge in [-0.15, -0.1) is 0 Å². The predicted octanol–water partition coefficient (Wildman–Crippen LogP) is 4.12. The fourth-order valence-electron chi connectivity index (χ4n) is 1.95. The summed E-state index contributed by atoms with van der Waals surface area (Å²) >= 11 is 0. The van der Waals surface area contributed by atoms with Crippen LogP contribution >= 0.6 is 0 Å². The van der Waals surface area contributed by atoms with Crippen molar-refractivity contribution >= 4 is 5.78 Å². The van der Waals surface area contributed by atoms with Gasteiger partial charge >= 0.3 is 0 Å². The van der Waals surface area contributed by atoms with E-state index < -0.39 is 17.4 Å². The minimum Gasteiger partial charge on any atom is -0.288 e. The van der Waals surface area contributed by atoms with E-state index in [4.69, 9.17) is 0 Å². The van der Waals surface area contributed by atoms with Crippen molar-refractivity contribution in [3.05, 3.63) is 69.8 Å². The third-order valence-electron chi connectivity index (χ3n) is 3.13. The largest absolute Gasteiger partial charge is 0.288 e. The van der Waals surface area contributed by atoms with Crippen molar-refractivity contribution in [3.63, 3.8) is 0 Å². The van der Waals surface area contributed by atoms with Crippen LogP contribution in [0.5, 0.6) is 0 Å². The zero-order chi connectivity index (χ0) is 14.2. The Morgan fingerprint density at radius 1 is 0.842 bits per heavy atom. The highest BCUT2D eigenvalue weighted by atomic mass is 19.1. The summed E-state index contributed by atoms with van der Waals surface area (Å²) in [5.74, 6) is -1.75. The lowest BCUT2D eigenvalue weighted by molar-refractivity contribution is 0.103. The molecule has 2 rings (SSSR count). The number of hydrogen-bond acceptors (Lipinski definition) is 1. The zero-order valence-corrected chi connectivity index (χ0v) is 11.1. The first-order valence-electron chi connectivity index (χ1n) is 5.97. The van der Waals surface area contributed by atoms with E-state index in [1.165, 1.54) is 6.92 Å². The molecule has 0 radical (unpaired) electrons. The fourth-order valence-corrected chi connectivity index (χ4v) is 1.95. The normalized spacial score (nSPS) is 10.6. The van der Waals surface area contributed by atoms with Crippen LogP contribution in [0.4, 0.5) is 8.78 Å². The lowest BCUT2D eigenvalue weighted by Gasteiger charge is -2.08. The molecule has 0 aromatic heterocycles. The minimum absolute atomic E-state index is 0.190. The molecule has 0 aliphatic heterocycles. The van der Waals surface area contributed by atoms with Gasteiger partial charge in [-0.1, -0.05) is 17.7 Å². The first-order valence-corrected chi connectivity index (χ1v) is 5.97. The van der Waals surface area contributed by atoms with Crippen molar-refractivity contribution in [2.75, 3.05) is 0 Å². The van der Waals surface area contributed by atoms with Crippen LogP contribution < -0.4 is 0 Å². The third kappa shape index (κ3) is 2.55. The molecule has 0 spiro atoms. The predicted molar refractivity (Wildman–Crippen MR) is 70.4 cm³/mol. The van der Waals surface area contributed by atoms with Crippen LogP contribution in [0.2, 0.25) is 0 Å². The van der Waals surface area contributed by atoms with E-state index in [0.717, 1.165) is 23.3 Å². The molecule has 0 unspecified atom stereocenters. The average molecular weight is 260 g/mol. The van der Waals surface area contributed by atoms with Gasteiger partial charge in [-0.2, -0.15) is 0 Å². The van der Waals surface area contributed by atoms with Gasteiger partial charge in [0.1, 0.15) is 11.6 Å². The number of carbonyl (C=O) groups is 1. The van der Waals surface area contributed by atoms with E-state index in [1.807, 2.05) is 13.0 Å². The molecule has 2 aromatic carbocycles. The van der Waals surface area contributed by atoms with Gasteiger partial charge in [0.25, 0.3) is 0 Å². The summed E-state index contributed by atoms with van der Waals surface area (Å²) in [6.07, 6.45) is 0. The Morgan fingerprint density at radius 3 is 2.21 bits per heavy atom. The summed E-state index contributed by atoms with van der Waals surface area (Å²) < 4.78 is 27.3. The maximum atomic E-state index is 13.8. The van der Waals surface area contributed by atoms with Crippen molar-refractivity contribution in [1.82, 2.24) is 0 Å². The molecule has 0 aliphatic rings. The smallest absolute Gasteiger partial charge is 0.196 e. The number of ketones is 1. The van der Waals surface area contributed by atoms with Crippen LogP contribution in [-0.4, -0.2) is 5.78 Å². The molecule has 0 aliphatic carbocycles. The van der Waals surface area contributed by atoms with Crippen LogP contribution in [0.25, 0.3) is 0 Å². The zero-order valence-electron chi connectivity index (χ0n) is 11.1. The summed E-state index contributed by atoms with van der Waals surface area (Å²) in [6, 6.07) is 7.38. The summed E-state index contributed by atoms with van der Waals surface area (Å²) in [5, 5.41) is 0. The highest BCUT2D eigenvalue weighted by Gasteiger charge is 2.18. The second-order valence-electron chi connectivity index (χ2n) is 4.73. The molecule has 0 N–H and O–H groups in total. The van der Waals surface area contributed by atoms with Gasteiger partial charge in [0.2, 0.25) is 0 Å². The van der Waals surface area contributed by atoms with Gasteiger partial charge in [0, 0.05) is 5.56 Å². The lowest BCUT2D eigenvalue weighted by atomic mass is 9.96. The number of halogens is 2. The van der Waals surface area contributed by atoms with E-state index in [-0.39, 0.29) is 11.1 Å². The fraction of sp³-hybridized carbons (Fsp3) is 0.188. The SMILES string of the molecule is Cc1ccc(C)c(C(=O)c2cc(F)c(C)cc2F)c1. The molecule has 98 valence electrons. The Kier molecular flexibility index (Phi) is 3.47. The Labute approximate surface area is 110 Å². The highest BCUT2D eigenvalue weighted by Crippen LogP contribution is 2.20. The average Bonchev–Trinajstić information content (AvgIpc) is 2.36. The minimum atomic E-state index is -0.690. The van der Waals surface area contributed by atoms with Gasteiger partial charge in [-0.05, 0) is 50.1 Å². The molecule has 0 saturated heterocycles. The summed E-state index contributed by atoms with van der Waals surface area (Å²) in [5.41, 5.74) is 2.02. The number of benzene rings is 2. The molecule has 2 aromatic rings. The van der Waals surface area contributed by atoms with Gasteiger partial charge in [0.05, 0.1) is 5.56 Å². The van der Waals surface area contributed by atoms with Gasteiger partial charge in [0.15, 0.2) is 5.78 Å². The Hall–Kier alpha value is -2.03. The second-order valence-corrected chi connectivity index (χ2v) is 4.73. The van der Waals surface area contributed by atoms with E-state index in [0.29, 0.717) is 5.56 Å².